The number of aromatic hydroxyl groups is 1. The summed E-state index contributed by atoms with van der Waals surface area (Å²) in [7, 11) is 0. The van der Waals surface area contributed by atoms with Crippen LogP contribution in [0.3, 0.4) is 0 Å². The van der Waals surface area contributed by atoms with Gasteiger partial charge in [0.15, 0.2) is 0 Å². The smallest absolute Gasteiger partial charge is 0.507 e. The second-order valence-corrected chi connectivity index (χ2v) is 12.6. The third kappa shape index (κ3) is 7.02. The maximum absolute atomic E-state index is 11.8. The molecule has 2 aromatic carbocycles. The first-order valence-electron chi connectivity index (χ1n) is 12.8. The van der Waals surface area contributed by atoms with Gasteiger partial charge in [-0.15, -0.1) is 0 Å². The molecular formula is C36H51OTi. The zero-order valence-electron chi connectivity index (χ0n) is 25.8. The van der Waals surface area contributed by atoms with Crippen molar-refractivity contribution in [2.75, 3.05) is 0 Å². The van der Waals surface area contributed by atoms with Crippen molar-refractivity contribution in [2.45, 2.75) is 78.6 Å². The SMILES string of the molecule is CC(C)=C(c1cc(C(C)(C)C)cc(C(C)(C)C)c1O)C1C(c2ccccc2)CC2C=CC=CC21.[CH3-].[CH3-].[CH3-].[Ti+3]. The second kappa shape index (κ2) is 13.5. The van der Waals surface area contributed by atoms with Crippen molar-refractivity contribution in [3.63, 3.8) is 0 Å². The number of hydrogen-bond donors (Lipinski definition) is 1. The number of fused-ring (bicyclic) bond motifs is 1. The fourth-order valence-electron chi connectivity index (χ4n) is 6.06. The Morgan fingerprint density at radius 2 is 1.39 bits per heavy atom. The first kappa shape index (κ1) is 36.2. The van der Waals surface area contributed by atoms with Crippen LogP contribution in [0, 0.1) is 40.0 Å². The average Bonchev–Trinajstić information content (AvgIpc) is 3.13. The zero-order chi connectivity index (χ0) is 24.8. The minimum Gasteiger partial charge on any atom is -0.507 e. The molecule has 38 heavy (non-hydrogen) atoms. The van der Waals surface area contributed by atoms with E-state index in [1.165, 1.54) is 22.3 Å². The van der Waals surface area contributed by atoms with Crippen molar-refractivity contribution in [1.82, 2.24) is 0 Å². The van der Waals surface area contributed by atoms with E-state index in [4.69, 9.17) is 0 Å². The van der Waals surface area contributed by atoms with Crippen LogP contribution in [0.1, 0.15) is 90.0 Å². The standard InChI is InChI=1S/C33H42O.3CH3.Ti/c1-21(2)29(27-19-24(32(3,4)5)20-28(31(27)34)33(6,7)8)30-25-17-13-12-16-23(25)18-26(30)22-14-10-9-11-15-22;;;;/h9-17,19-20,23,25-26,30,34H,18H2,1-8H3;3*1H3;/q;3*-1;+3. The van der Waals surface area contributed by atoms with Crippen LogP contribution in [-0.2, 0) is 32.5 Å². The summed E-state index contributed by atoms with van der Waals surface area (Å²) in [4.78, 5) is 0. The Bertz CT molecular complexity index is 1130. The van der Waals surface area contributed by atoms with Crippen molar-refractivity contribution in [3.8, 4) is 5.75 Å². The summed E-state index contributed by atoms with van der Waals surface area (Å²) in [6.45, 7) is 17.9. The summed E-state index contributed by atoms with van der Waals surface area (Å²) >= 11 is 0. The summed E-state index contributed by atoms with van der Waals surface area (Å²) in [5.41, 5.74) is 7.26. The maximum Gasteiger partial charge on any atom is 3.00 e. The van der Waals surface area contributed by atoms with Crippen molar-refractivity contribution >= 4 is 5.57 Å². The Hall–Kier alpha value is -1.83. The van der Waals surface area contributed by atoms with Crippen molar-refractivity contribution < 1.29 is 26.8 Å². The Kier molecular flexibility index (Phi) is 12.8. The topological polar surface area (TPSA) is 20.2 Å². The van der Waals surface area contributed by atoms with Crippen LogP contribution >= 0.6 is 0 Å². The third-order valence-electron chi connectivity index (χ3n) is 7.85. The van der Waals surface area contributed by atoms with Crippen LogP contribution < -0.4 is 0 Å². The van der Waals surface area contributed by atoms with Gasteiger partial charge in [-0.2, -0.15) is 0 Å². The van der Waals surface area contributed by atoms with Gasteiger partial charge in [-0.1, -0.05) is 108 Å². The Balaban J connectivity index is 0.00000342. The number of phenolic OH excluding ortho intramolecular Hbond substituents is 1. The van der Waals surface area contributed by atoms with E-state index in [9.17, 15) is 5.11 Å². The molecule has 4 rings (SSSR count). The van der Waals surface area contributed by atoms with Gasteiger partial charge in [0.2, 0.25) is 0 Å². The molecule has 0 spiro atoms. The Morgan fingerprint density at radius 3 is 1.92 bits per heavy atom. The molecular weight excluding hydrogens is 496 g/mol. The van der Waals surface area contributed by atoms with Gasteiger partial charge in [0.25, 0.3) is 0 Å². The predicted octanol–water partition coefficient (Wildman–Crippen LogP) is 10.3. The monoisotopic (exact) mass is 547 g/mol. The van der Waals surface area contributed by atoms with E-state index in [1.807, 2.05) is 0 Å². The summed E-state index contributed by atoms with van der Waals surface area (Å²) in [5.74, 6) is 2.18. The molecule has 2 aromatic rings. The molecule has 1 nitrogen and oxygen atoms in total. The van der Waals surface area contributed by atoms with E-state index in [1.54, 1.807) is 0 Å². The fourth-order valence-corrected chi connectivity index (χ4v) is 6.06. The minimum atomic E-state index is -0.141. The average molecular weight is 548 g/mol. The fraction of sp³-hybridized carbons (Fsp3) is 0.417. The number of benzene rings is 2. The van der Waals surface area contributed by atoms with Crippen LogP contribution in [0.25, 0.3) is 5.57 Å². The molecule has 0 amide bonds. The van der Waals surface area contributed by atoms with E-state index in [-0.39, 0.29) is 54.8 Å². The van der Waals surface area contributed by atoms with E-state index < -0.39 is 0 Å². The summed E-state index contributed by atoms with van der Waals surface area (Å²) in [6.07, 6.45) is 10.4. The molecule has 2 heteroatoms. The quantitative estimate of drug-likeness (QED) is 0.299. The molecule has 0 bridgehead atoms. The van der Waals surface area contributed by atoms with Gasteiger partial charge >= 0.3 is 21.7 Å². The summed E-state index contributed by atoms with van der Waals surface area (Å²) < 4.78 is 0. The van der Waals surface area contributed by atoms with Crippen molar-refractivity contribution in [3.05, 3.63) is 117 Å². The van der Waals surface area contributed by atoms with Gasteiger partial charge in [0, 0.05) is 11.1 Å². The molecule has 205 valence electrons. The molecule has 0 heterocycles. The second-order valence-electron chi connectivity index (χ2n) is 12.6. The number of allylic oxidation sites excluding steroid dienone is 6. The number of hydrogen-bond acceptors (Lipinski definition) is 1. The summed E-state index contributed by atoms with van der Waals surface area (Å²) in [6, 6.07) is 15.5. The molecule has 4 atom stereocenters. The molecule has 1 fully saturated rings. The minimum absolute atomic E-state index is 0. The Morgan fingerprint density at radius 1 is 0.816 bits per heavy atom. The largest absolute Gasteiger partial charge is 3.00 e. The van der Waals surface area contributed by atoms with Gasteiger partial charge in [-0.05, 0) is 77.5 Å². The third-order valence-corrected chi connectivity index (χ3v) is 7.85. The molecule has 0 aliphatic heterocycles. The first-order chi connectivity index (χ1) is 15.9. The molecule has 0 aromatic heterocycles. The predicted molar refractivity (Wildman–Crippen MR) is 166 cm³/mol. The zero-order valence-corrected chi connectivity index (χ0v) is 27.4. The van der Waals surface area contributed by atoms with Crippen molar-refractivity contribution in [2.24, 2.45) is 17.8 Å². The number of phenols is 1. The molecule has 2 aliphatic carbocycles. The molecule has 1 N–H and O–H groups in total. The first-order valence-corrected chi connectivity index (χ1v) is 12.8. The molecule has 1 saturated carbocycles. The van der Waals surface area contributed by atoms with Gasteiger partial charge < -0.3 is 27.4 Å². The van der Waals surface area contributed by atoms with Crippen LogP contribution in [0.4, 0.5) is 0 Å². The van der Waals surface area contributed by atoms with Crippen LogP contribution in [-0.4, -0.2) is 5.11 Å². The van der Waals surface area contributed by atoms with Gasteiger partial charge in [-0.3, -0.25) is 0 Å². The van der Waals surface area contributed by atoms with Crippen molar-refractivity contribution in [1.29, 1.82) is 0 Å². The van der Waals surface area contributed by atoms with Crippen LogP contribution in [0.5, 0.6) is 5.75 Å². The van der Waals surface area contributed by atoms with E-state index in [2.05, 4.69) is 122 Å². The maximum atomic E-state index is 11.8. The van der Waals surface area contributed by atoms with Gasteiger partial charge in [-0.25, -0.2) is 0 Å². The molecule has 2 aliphatic rings. The molecule has 1 radical (unpaired) electrons. The van der Waals surface area contributed by atoms with E-state index >= 15 is 0 Å². The summed E-state index contributed by atoms with van der Waals surface area (Å²) in [5, 5.41) is 11.8. The normalized spacial score (nSPS) is 21.7. The van der Waals surface area contributed by atoms with Gasteiger partial charge in [0.05, 0.1) is 0 Å². The van der Waals surface area contributed by atoms with Crippen LogP contribution in [0.15, 0.2) is 72.3 Å². The number of rotatable bonds is 3. The van der Waals surface area contributed by atoms with Gasteiger partial charge in [0.1, 0.15) is 5.75 Å². The van der Waals surface area contributed by atoms with E-state index in [0.717, 1.165) is 17.5 Å². The van der Waals surface area contributed by atoms with Crippen LogP contribution in [0.2, 0.25) is 0 Å². The van der Waals surface area contributed by atoms with E-state index in [0.29, 0.717) is 29.4 Å². The molecule has 4 unspecified atom stereocenters. The molecule has 0 saturated heterocycles. The Labute approximate surface area is 250 Å².